The number of fused-ring (bicyclic) bond motifs is 1. The Kier molecular flexibility index (Phi) is 2.00. The molecule has 2 rings (SSSR count). The number of thiazole rings is 1. The van der Waals surface area contributed by atoms with Crippen LogP contribution in [0.15, 0.2) is 6.58 Å². The summed E-state index contributed by atoms with van der Waals surface area (Å²) in [6, 6.07) is 0. The van der Waals surface area contributed by atoms with Gasteiger partial charge in [0.1, 0.15) is 5.65 Å². The summed E-state index contributed by atoms with van der Waals surface area (Å²) in [5.41, 5.74) is 3.63. The number of nitrogens with zero attached hydrogens (tertiary/aromatic N) is 1. The number of aromatic nitrogens is 2. The zero-order valence-corrected chi connectivity index (χ0v) is 8.96. The Bertz CT molecular complexity index is 519. The van der Waals surface area contributed by atoms with Crippen molar-refractivity contribution < 1.29 is 0 Å². The Labute approximate surface area is 86.0 Å². The third kappa shape index (κ3) is 1.19. The van der Waals surface area contributed by atoms with E-state index in [4.69, 9.17) is 5.41 Å². The van der Waals surface area contributed by atoms with Crippen molar-refractivity contribution in [1.82, 2.24) is 9.97 Å². The zero-order chi connectivity index (χ0) is 10.3. The highest BCUT2D eigenvalue weighted by Crippen LogP contribution is 2.29. The molecule has 0 aliphatic carbocycles. The lowest BCUT2D eigenvalue weighted by Gasteiger charge is -1.96. The van der Waals surface area contributed by atoms with Gasteiger partial charge in [-0.2, -0.15) is 0 Å². The van der Waals surface area contributed by atoms with Crippen LogP contribution >= 0.6 is 11.3 Å². The highest BCUT2D eigenvalue weighted by Gasteiger charge is 2.13. The van der Waals surface area contributed by atoms with E-state index in [-0.39, 0.29) is 0 Å². The molecule has 0 bridgehead atoms. The lowest BCUT2D eigenvalue weighted by molar-refractivity contribution is 1.27. The third-order valence-electron chi connectivity index (χ3n) is 2.06. The van der Waals surface area contributed by atoms with Gasteiger partial charge in [0.15, 0.2) is 0 Å². The van der Waals surface area contributed by atoms with Gasteiger partial charge in [-0.25, -0.2) is 4.98 Å². The molecule has 2 heterocycles. The molecule has 3 nitrogen and oxygen atoms in total. The number of hydrogen-bond donors (Lipinski definition) is 2. The van der Waals surface area contributed by atoms with Crippen LogP contribution in [0.1, 0.15) is 23.2 Å². The maximum absolute atomic E-state index is 7.38. The van der Waals surface area contributed by atoms with Crippen molar-refractivity contribution in [2.75, 3.05) is 0 Å². The summed E-state index contributed by atoms with van der Waals surface area (Å²) < 4.78 is 1.05. The Morgan fingerprint density at radius 3 is 2.93 bits per heavy atom. The van der Waals surface area contributed by atoms with Crippen LogP contribution in [0.4, 0.5) is 0 Å². The van der Waals surface area contributed by atoms with E-state index in [0.29, 0.717) is 0 Å². The molecular formula is C10H11N3S. The van der Waals surface area contributed by atoms with Crippen LogP contribution in [0.5, 0.6) is 0 Å². The van der Waals surface area contributed by atoms with Crippen LogP contribution in [0.3, 0.4) is 0 Å². The molecule has 0 saturated carbocycles. The van der Waals surface area contributed by atoms with Gasteiger partial charge in [-0.05, 0) is 19.4 Å². The van der Waals surface area contributed by atoms with E-state index in [1.165, 1.54) is 6.21 Å². The second-order valence-electron chi connectivity index (χ2n) is 3.25. The van der Waals surface area contributed by atoms with E-state index in [1.807, 2.05) is 13.8 Å². The molecule has 2 aromatic heterocycles. The highest BCUT2D eigenvalue weighted by atomic mass is 32.1. The second kappa shape index (κ2) is 3.06. The van der Waals surface area contributed by atoms with E-state index < -0.39 is 0 Å². The van der Waals surface area contributed by atoms with Crippen molar-refractivity contribution in [3.8, 4) is 0 Å². The maximum Gasteiger partial charge on any atom is 0.149 e. The van der Waals surface area contributed by atoms with Crippen molar-refractivity contribution in [2.45, 2.75) is 13.8 Å². The zero-order valence-electron chi connectivity index (χ0n) is 8.14. The smallest absolute Gasteiger partial charge is 0.149 e. The van der Waals surface area contributed by atoms with Gasteiger partial charge >= 0.3 is 0 Å². The molecule has 0 amide bonds. The maximum atomic E-state index is 7.38. The number of aryl methyl sites for hydroxylation is 1. The van der Waals surface area contributed by atoms with E-state index in [0.717, 1.165) is 32.2 Å². The van der Waals surface area contributed by atoms with Crippen molar-refractivity contribution >= 4 is 33.5 Å². The molecule has 0 aliphatic heterocycles. The number of H-pyrrole nitrogens is 1. The standard InChI is InChI=1S/C10H11N3S/c1-5(2)8-7(4-11)9-10(13-8)12-6(3)14-9/h4,11,13H,1H2,2-3H3. The molecule has 72 valence electrons. The predicted molar refractivity (Wildman–Crippen MR) is 61.3 cm³/mol. The lowest BCUT2D eigenvalue weighted by Crippen LogP contribution is -1.85. The van der Waals surface area contributed by atoms with Crippen LogP contribution in [-0.4, -0.2) is 16.2 Å². The van der Waals surface area contributed by atoms with Gasteiger partial charge in [-0.1, -0.05) is 6.58 Å². The van der Waals surface area contributed by atoms with Crippen LogP contribution in [-0.2, 0) is 0 Å². The van der Waals surface area contributed by atoms with Crippen LogP contribution in [0.25, 0.3) is 15.9 Å². The minimum Gasteiger partial charge on any atom is -0.338 e. The van der Waals surface area contributed by atoms with Gasteiger partial charge < -0.3 is 10.4 Å². The molecule has 0 atom stereocenters. The molecule has 4 heteroatoms. The Morgan fingerprint density at radius 2 is 2.36 bits per heavy atom. The molecule has 0 saturated heterocycles. The van der Waals surface area contributed by atoms with Crippen LogP contribution < -0.4 is 0 Å². The molecular weight excluding hydrogens is 194 g/mol. The Morgan fingerprint density at radius 1 is 1.64 bits per heavy atom. The fraction of sp³-hybridized carbons (Fsp3) is 0.200. The molecule has 2 N–H and O–H groups in total. The van der Waals surface area contributed by atoms with Crippen LogP contribution in [0.2, 0.25) is 0 Å². The summed E-state index contributed by atoms with van der Waals surface area (Å²) in [6.07, 6.45) is 1.36. The molecule has 14 heavy (non-hydrogen) atoms. The first-order valence-corrected chi connectivity index (χ1v) is 5.10. The van der Waals surface area contributed by atoms with Crippen molar-refractivity contribution in [2.24, 2.45) is 0 Å². The number of allylic oxidation sites excluding steroid dienone is 1. The summed E-state index contributed by atoms with van der Waals surface area (Å²) in [5, 5.41) is 8.39. The molecule has 0 unspecified atom stereocenters. The summed E-state index contributed by atoms with van der Waals surface area (Å²) in [4.78, 5) is 7.53. The predicted octanol–water partition coefficient (Wildman–Crippen LogP) is 2.96. The minimum absolute atomic E-state index is 0.865. The fourth-order valence-electron chi connectivity index (χ4n) is 1.47. The Balaban J connectivity index is 2.81. The lowest BCUT2D eigenvalue weighted by atomic mass is 10.1. The summed E-state index contributed by atoms with van der Waals surface area (Å²) >= 11 is 1.61. The van der Waals surface area contributed by atoms with E-state index in [9.17, 15) is 0 Å². The van der Waals surface area contributed by atoms with Gasteiger partial charge in [-0.3, -0.25) is 0 Å². The summed E-state index contributed by atoms with van der Waals surface area (Å²) in [6.45, 7) is 7.76. The topological polar surface area (TPSA) is 52.5 Å². The number of aromatic amines is 1. The molecule has 0 aliphatic rings. The first-order chi connectivity index (χ1) is 6.63. The number of hydrogen-bond acceptors (Lipinski definition) is 3. The highest BCUT2D eigenvalue weighted by molar-refractivity contribution is 7.18. The molecule has 0 spiro atoms. The molecule has 0 aromatic carbocycles. The summed E-state index contributed by atoms with van der Waals surface area (Å²) in [5.74, 6) is 0. The van der Waals surface area contributed by atoms with Gasteiger partial charge in [0.05, 0.1) is 15.4 Å². The number of nitrogens with one attached hydrogen (secondary N) is 2. The normalized spacial score (nSPS) is 10.7. The van der Waals surface area contributed by atoms with E-state index in [1.54, 1.807) is 11.3 Å². The SMILES string of the molecule is C=C(C)c1[nH]c2nc(C)sc2c1C=N. The first kappa shape index (κ1) is 9.15. The van der Waals surface area contributed by atoms with Crippen molar-refractivity contribution in [1.29, 1.82) is 5.41 Å². The van der Waals surface area contributed by atoms with Crippen molar-refractivity contribution in [3.63, 3.8) is 0 Å². The van der Waals surface area contributed by atoms with E-state index in [2.05, 4.69) is 16.5 Å². The van der Waals surface area contributed by atoms with Gasteiger partial charge in [0.25, 0.3) is 0 Å². The molecule has 0 radical (unpaired) electrons. The second-order valence-corrected chi connectivity index (χ2v) is 4.45. The minimum atomic E-state index is 0.865. The summed E-state index contributed by atoms with van der Waals surface area (Å²) in [7, 11) is 0. The molecule has 2 aromatic rings. The monoisotopic (exact) mass is 205 g/mol. The first-order valence-electron chi connectivity index (χ1n) is 4.29. The average Bonchev–Trinajstić information content (AvgIpc) is 2.59. The van der Waals surface area contributed by atoms with Crippen molar-refractivity contribution in [3.05, 3.63) is 22.8 Å². The fourth-order valence-corrected chi connectivity index (χ4v) is 2.36. The third-order valence-corrected chi connectivity index (χ3v) is 3.07. The van der Waals surface area contributed by atoms with Gasteiger partial charge in [-0.15, -0.1) is 11.3 Å². The quantitative estimate of drug-likeness (QED) is 0.727. The van der Waals surface area contributed by atoms with Gasteiger partial charge in [0.2, 0.25) is 0 Å². The Hall–Kier alpha value is -1.42. The van der Waals surface area contributed by atoms with Gasteiger partial charge in [0, 0.05) is 11.8 Å². The molecule has 0 fully saturated rings. The van der Waals surface area contributed by atoms with E-state index >= 15 is 0 Å². The number of rotatable bonds is 2. The average molecular weight is 205 g/mol. The van der Waals surface area contributed by atoms with Crippen LogP contribution in [0, 0.1) is 12.3 Å². The largest absolute Gasteiger partial charge is 0.338 e.